The van der Waals surface area contributed by atoms with E-state index in [9.17, 15) is 22.8 Å². The maximum absolute atomic E-state index is 13.9. The quantitative estimate of drug-likeness (QED) is 0.904. The Morgan fingerprint density at radius 1 is 1.10 bits per heavy atom. The third kappa shape index (κ3) is 2.59. The summed E-state index contributed by atoms with van der Waals surface area (Å²) < 4.78 is 40.7. The first-order valence-electron chi connectivity index (χ1n) is 6.72. The van der Waals surface area contributed by atoms with E-state index in [2.05, 4.69) is 5.32 Å². The lowest BCUT2D eigenvalue weighted by Gasteiger charge is -2.24. The normalized spacial score (nSPS) is 23.0. The van der Waals surface area contributed by atoms with Crippen molar-refractivity contribution in [2.45, 2.75) is 25.3 Å². The molecule has 1 atom stereocenters. The number of anilines is 1. The van der Waals surface area contributed by atoms with E-state index >= 15 is 0 Å². The standard InChI is InChI=1S/C14H13F3N2O2/c15-8-5-9(16)13(10(17)6-8)19-4-3-11(20)18-12(14(19)21)7-1-2-7/h5-7,12H,1-4H2,(H,18,20). The van der Waals surface area contributed by atoms with E-state index in [1.165, 1.54) is 0 Å². The lowest BCUT2D eigenvalue weighted by molar-refractivity contribution is -0.126. The summed E-state index contributed by atoms with van der Waals surface area (Å²) in [5, 5.41) is 2.59. The molecule has 1 aliphatic carbocycles. The van der Waals surface area contributed by atoms with Crippen molar-refractivity contribution in [1.29, 1.82) is 0 Å². The maximum Gasteiger partial charge on any atom is 0.250 e. The Morgan fingerprint density at radius 3 is 2.29 bits per heavy atom. The number of hydrogen-bond acceptors (Lipinski definition) is 2. The molecular weight excluding hydrogens is 285 g/mol. The third-order valence-electron chi connectivity index (χ3n) is 3.76. The van der Waals surface area contributed by atoms with Gasteiger partial charge in [-0.1, -0.05) is 0 Å². The molecule has 2 amide bonds. The molecule has 4 nitrogen and oxygen atoms in total. The van der Waals surface area contributed by atoms with Gasteiger partial charge in [-0.05, 0) is 18.8 Å². The number of benzene rings is 1. The summed E-state index contributed by atoms with van der Waals surface area (Å²) in [5.41, 5.74) is -0.594. The summed E-state index contributed by atoms with van der Waals surface area (Å²) in [5.74, 6) is -4.22. The molecule has 21 heavy (non-hydrogen) atoms. The van der Waals surface area contributed by atoms with E-state index in [-0.39, 0.29) is 24.8 Å². The van der Waals surface area contributed by atoms with Gasteiger partial charge in [0.1, 0.15) is 17.5 Å². The van der Waals surface area contributed by atoms with Crippen molar-refractivity contribution in [2.75, 3.05) is 11.4 Å². The average Bonchev–Trinajstić information content (AvgIpc) is 3.21. The highest BCUT2D eigenvalue weighted by Crippen LogP contribution is 2.36. The molecule has 2 aliphatic rings. The van der Waals surface area contributed by atoms with Crippen molar-refractivity contribution >= 4 is 17.5 Å². The number of nitrogens with one attached hydrogen (secondary N) is 1. The fourth-order valence-corrected chi connectivity index (χ4v) is 2.56. The Hall–Kier alpha value is -2.05. The molecule has 112 valence electrons. The fourth-order valence-electron chi connectivity index (χ4n) is 2.56. The zero-order valence-electron chi connectivity index (χ0n) is 11.0. The summed E-state index contributed by atoms with van der Waals surface area (Å²) in [4.78, 5) is 25.0. The summed E-state index contributed by atoms with van der Waals surface area (Å²) >= 11 is 0. The molecule has 1 unspecified atom stereocenters. The molecule has 2 fully saturated rings. The zero-order valence-corrected chi connectivity index (χ0v) is 11.0. The molecule has 1 saturated carbocycles. The highest BCUT2D eigenvalue weighted by molar-refractivity contribution is 6.01. The molecular formula is C14H13F3N2O2. The van der Waals surface area contributed by atoms with E-state index in [4.69, 9.17) is 0 Å². The molecule has 1 aliphatic heterocycles. The topological polar surface area (TPSA) is 49.4 Å². The van der Waals surface area contributed by atoms with Gasteiger partial charge in [0, 0.05) is 25.1 Å². The van der Waals surface area contributed by atoms with Crippen LogP contribution in [0.15, 0.2) is 12.1 Å². The first kappa shape index (κ1) is 13.9. The van der Waals surface area contributed by atoms with Crippen LogP contribution in [0.5, 0.6) is 0 Å². The number of carbonyl (C=O) groups is 2. The van der Waals surface area contributed by atoms with Crippen LogP contribution in [0, 0.1) is 23.4 Å². The Morgan fingerprint density at radius 2 is 1.71 bits per heavy atom. The van der Waals surface area contributed by atoms with Crippen molar-refractivity contribution in [3.63, 3.8) is 0 Å². The minimum atomic E-state index is -1.15. The Kier molecular flexibility index (Phi) is 3.35. The molecule has 0 aromatic heterocycles. The van der Waals surface area contributed by atoms with Crippen LogP contribution in [0.3, 0.4) is 0 Å². The molecule has 1 aromatic carbocycles. The first-order valence-corrected chi connectivity index (χ1v) is 6.72. The summed E-state index contributed by atoms with van der Waals surface area (Å²) in [7, 11) is 0. The van der Waals surface area contributed by atoms with Crippen LogP contribution < -0.4 is 10.2 Å². The van der Waals surface area contributed by atoms with Crippen molar-refractivity contribution in [1.82, 2.24) is 5.32 Å². The van der Waals surface area contributed by atoms with Crippen molar-refractivity contribution in [3.8, 4) is 0 Å². The monoisotopic (exact) mass is 298 g/mol. The van der Waals surface area contributed by atoms with Crippen molar-refractivity contribution in [3.05, 3.63) is 29.6 Å². The zero-order chi connectivity index (χ0) is 15.1. The minimum Gasteiger partial charge on any atom is -0.344 e. The molecule has 0 radical (unpaired) electrons. The van der Waals surface area contributed by atoms with Crippen LogP contribution in [0.1, 0.15) is 19.3 Å². The fraction of sp³-hybridized carbons (Fsp3) is 0.429. The second-order valence-electron chi connectivity index (χ2n) is 5.34. The van der Waals surface area contributed by atoms with Crippen LogP contribution in [0.25, 0.3) is 0 Å². The van der Waals surface area contributed by atoms with E-state index in [1.54, 1.807) is 0 Å². The number of amides is 2. The van der Waals surface area contributed by atoms with Gasteiger partial charge in [0.2, 0.25) is 11.8 Å². The number of carbonyl (C=O) groups excluding carboxylic acids is 2. The van der Waals surface area contributed by atoms with Gasteiger partial charge in [-0.25, -0.2) is 13.2 Å². The number of hydrogen-bond donors (Lipinski definition) is 1. The Labute approximate surface area is 118 Å². The van der Waals surface area contributed by atoms with Crippen LogP contribution in [-0.4, -0.2) is 24.4 Å². The summed E-state index contributed by atoms with van der Waals surface area (Å²) in [6, 6.07) is 0.291. The number of rotatable bonds is 2. The van der Waals surface area contributed by atoms with Gasteiger partial charge in [0.15, 0.2) is 11.6 Å². The lowest BCUT2D eigenvalue weighted by atomic mass is 10.1. The SMILES string of the molecule is O=C1CCN(c2c(F)cc(F)cc2F)C(=O)C(C2CC2)N1. The molecule has 0 bridgehead atoms. The average molecular weight is 298 g/mol. The van der Waals surface area contributed by atoms with Crippen molar-refractivity contribution in [2.24, 2.45) is 5.92 Å². The van der Waals surface area contributed by atoms with E-state index < -0.39 is 35.1 Å². The van der Waals surface area contributed by atoms with Gasteiger partial charge in [-0.15, -0.1) is 0 Å². The summed E-state index contributed by atoms with van der Waals surface area (Å²) in [6.07, 6.45) is 1.53. The molecule has 3 rings (SSSR count). The van der Waals surface area contributed by atoms with E-state index in [1.807, 2.05) is 0 Å². The van der Waals surface area contributed by atoms with Gasteiger partial charge in [-0.2, -0.15) is 0 Å². The van der Waals surface area contributed by atoms with E-state index in [0.717, 1.165) is 17.7 Å². The smallest absolute Gasteiger partial charge is 0.250 e. The second-order valence-corrected chi connectivity index (χ2v) is 5.34. The third-order valence-corrected chi connectivity index (χ3v) is 3.76. The molecule has 0 spiro atoms. The van der Waals surface area contributed by atoms with Gasteiger partial charge in [-0.3, -0.25) is 9.59 Å². The Bertz CT molecular complexity index is 593. The minimum absolute atomic E-state index is 0.00798. The lowest BCUT2D eigenvalue weighted by Crippen LogP contribution is -2.46. The maximum atomic E-state index is 13.9. The largest absolute Gasteiger partial charge is 0.344 e. The first-order chi connectivity index (χ1) is 9.97. The van der Waals surface area contributed by atoms with Gasteiger partial charge < -0.3 is 10.2 Å². The van der Waals surface area contributed by atoms with E-state index in [0.29, 0.717) is 12.1 Å². The molecule has 1 aromatic rings. The molecule has 1 saturated heterocycles. The highest BCUT2D eigenvalue weighted by atomic mass is 19.1. The van der Waals surface area contributed by atoms with Crippen LogP contribution in [-0.2, 0) is 9.59 Å². The number of nitrogens with zero attached hydrogens (tertiary/aromatic N) is 1. The van der Waals surface area contributed by atoms with Crippen molar-refractivity contribution < 1.29 is 22.8 Å². The van der Waals surface area contributed by atoms with Gasteiger partial charge in [0.25, 0.3) is 0 Å². The predicted octanol–water partition coefficient (Wildman–Crippen LogP) is 1.74. The predicted molar refractivity (Wildman–Crippen MR) is 67.9 cm³/mol. The molecule has 1 N–H and O–H groups in total. The molecule has 1 heterocycles. The summed E-state index contributed by atoms with van der Waals surface area (Å²) in [6.45, 7) is -0.132. The second kappa shape index (κ2) is 5.05. The van der Waals surface area contributed by atoms with Crippen LogP contribution in [0.4, 0.5) is 18.9 Å². The number of halogens is 3. The molecule has 7 heteroatoms. The van der Waals surface area contributed by atoms with Gasteiger partial charge in [0.05, 0.1) is 0 Å². The Balaban J connectivity index is 2.00. The van der Waals surface area contributed by atoms with Crippen LogP contribution >= 0.6 is 0 Å². The van der Waals surface area contributed by atoms with Crippen LogP contribution in [0.2, 0.25) is 0 Å². The van der Waals surface area contributed by atoms with Gasteiger partial charge >= 0.3 is 0 Å². The highest BCUT2D eigenvalue weighted by Gasteiger charge is 2.42.